The number of aromatic nitrogens is 2. The molecule has 3 rings (SSSR count). The fraction of sp³-hybridized carbons (Fsp3) is 0.214. The van der Waals surface area contributed by atoms with E-state index in [9.17, 15) is 0 Å². The van der Waals surface area contributed by atoms with E-state index in [1.807, 2.05) is 23.1 Å². The van der Waals surface area contributed by atoms with Crippen LogP contribution in [0, 0.1) is 11.3 Å². The van der Waals surface area contributed by atoms with Crippen LogP contribution in [0.15, 0.2) is 30.5 Å². The molecule has 0 saturated heterocycles. The third kappa shape index (κ3) is 2.08. The maximum absolute atomic E-state index is 8.87. The molecule has 1 aromatic heterocycles. The van der Waals surface area contributed by atoms with Gasteiger partial charge in [-0.05, 0) is 29.3 Å². The summed E-state index contributed by atoms with van der Waals surface area (Å²) in [4.78, 5) is 10.5. The zero-order chi connectivity index (χ0) is 13.2. The first-order valence-corrected chi connectivity index (χ1v) is 5.94. The van der Waals surface area contributed by atoms with Crippen molar-refractivity contribution in [2.75, 3.05) is 12.0 Å². The number of anilines is 1. The van der Waals surface area contributed by atoms with Gasteiger partial charge in [0.2, 0.25) is 5.95 Å². The Labute approximate surface area is 111 Å². The van der Waals surface area contributed by atoms with Gasteiger partial charge in [0.05, 0.1) is 7.11 Å². The zero-order valence-electron chi connectivity index (χ0n) is 10.5. The van der Waals surface area contributed by atoms with Crippen LogP contribution in [0.4, 0.5) is 5.95 Å². The number of hydrogen-bond acceptors (Lipinski definition) is 5. The molecule has 0 amide bonds. The zero-order valence-corrected chi connectivity index (χ0v) is 10.5. The second kappa shape index (κ2) is 4.58. The molecule has 0 saturated carbocycles. The van der Waals surface area contributed by atoms with E-state index >= 15 is 0 Å². The van der Waals surface area contributed by atoms with Crippen molar-refractivity contribution in [2.24, 2.45) is 0 Å². The Morgan fingerprint density at radius 2 is 2.11 bits per heavy atom. The number of methoxy groups -OCH3 is 1. The summed E-state index contributed by atoms with van der Waals surface area (Å²) >= 11 is 0. The first-order chi connectivity index (χ1) is 9.30. The lowest BCUT2D eigenvalue weighted by molar-refractivity contribution is 0.414. The van der Waals surface area contributed by atoms with Gasteiger partial charge in [-0.25, -0.2) is 9.97 Å². The van der Waals surface area contributed by atoms with Gasteiger partial charge in [-0.2, -0.15) is 5.26 Å². The lowest BCUT2D eigenvalue weighted by Gasteiger charge is -2.14. The van der Waals surface area contributed by atoms with Gasteiger partial charge in [0.15, 0.2) is 0 Å². The summed E-state index contributed by atoms with van der Waals surface area (Å²) in [5, 5.41) is 8.87. The second-order valence-electron chi connectivity index (χ2n) is 4.34. The highest BCUT2D eigenvalue weighted by molar-refractivity contribution is 5.46. The van der Waals surface area contributed by atoms with Crippen molar-refractivity contribution in [1.82, 2.24) is 9.97 Å². The van der Waals surface area contributed by atoms with Gasteiger partial charge in [0.25, 0.3) is 0 Å². The first kappa shape index (κ1) is 11.5. The van der Waals surface area contributed by atoms with E-state index in [-0.39, 0.29) is 0 Å². The largest absolute Gasteiger partial charge is 0.497 e. The minimum Gasteiger partial charge on any atom is -0.497 e. The van der Waals surface area contributed by atoms with Crippen molar-refractivity contribution in [1.29, 1.82) is 5.26 Å². The summed E-state index contributed by atoms with van der Waals surface area (Å²) < 4.78 is 5.22. The Hall–Kier alpha value is -2.61. The van der Waals surface area contributed by atoms with E-state index in [0.29, 0.717) is 11.6 Å². The normalized spacial score (nSPS) is 12.9. The summed E-state index contributed by atoms with van der Waals surface area (Å²) in [6, 6.07) is 9.68. The summed E-state index contributed by atoms with van der Waals surface area (Å²) in [7, 11) is 1.66. The molecule has 19 heavy (non-hydrogen) atoms. The van der Waals surface area contributed by atoms with Crippen molar-refractivity contribution in [3.8, 4) is 11.8 Å². The highest BCUT2D eigenvalue weighted by Crippen LogP contribution is 2.28. The predicted molar refractivity (Wildman–Crippen MR) is 69.6 cm³/mol. The first-order valence-electron chi connectivity index (χ1n) is 5.94. The molecule has 0 fully saturated rings. The summed E-state index contributed by atoms with van der Waals surface area (Å²) in [6.07, 6.45) is 1.62. The molecular formula is C14H12N4O. The molecule has 5 heteroatoms. The molecule has 2 aromatic rings. The highest BCUT2D eigenvalue weighted by Gasteiger charge is 2.21. The number of rotatable bonds is 2. The van der Waals surface area contributed by atoms with Gasteiger partial charge in [-0.1, -0.05) is 6.07 Å². The molecule has 1 aromatic carbocycles. The molecule has 1 aliphatic rings. The van der Waals surface area contributed by atoms with Crippen LogP contribution in [0.2, 0.25) is 0 Å². The average molecular weight is 252 g/mol. The van der Waals surface area contributed by atoms with Crippen molar-refractivity contribution in [2.45, 2.75) is 13.1 Å². The quantitative estimate of drug-likeness (QED) is 0.816. The van der Waals surface area contributed by atoms with Gasteiger partial charge in [0, 0.05) is 19.3 Å². The minimum absolute atomic E-state index is 0.388. The number of nitriles is 1. The fourth-order valence-corrected chi connectivity index (χ4v) is 2.20. The fourth-order valence-electron chi connectivity index (χ4n) is 2.20. The van der Waals surface area contributed by atoms with Crippen LogP contribution in [0.1, 0.15) is 16.8 Å². The van der Waals surface area contributed by atoms with Gasteiger partial charge < -0.3 is 9.64 Å². The SMILES string of the molecule is COc1ccc2c(c1)CN(c1nccc(C#N)n1)C2. The van der Waals surface area contributed by atoms with Crippen LogP contribution in [-0.4, -0.2) is 17.1 Å². The van der Waals surface area contributed by atoms with Crippen LogP contribution in [-0.2, 0) is 13.1 Å². The second-order valence-corrected chi connectivity index (χ2v) is 4.34. The summed E-state index contributed by atoms with van der Waals surface area (Å²) in [6.45, 7) is 1.50. The van der Waals surface area contributed by atoms with Gasteiger partial charge in [0.1, 0.15) is 17.5 Å². The molecule has 0 atom stereocenters. The molecule has 0 N–H and O–H groups in total. The van der Waals surface area contributed by atoms with Crippen LogP contribution in [0.3, 0.4) is 0 Å². The number of nitrogens with zero attached hydrogens (tertiary/aromatic N) is 4. The minimum atomic E-state index is 0.388. The van der Waals surface area contributed by atoms with E-state index in [1.54, 1.807) is 19.4 Å². The van der Waals surface area contributed by atoms with E-state index in [1.165, 1.54) is 11.1 Å². The summed E-state index contributed by atoms with van der Waals surface area (Å²) in [5.74, 6) is 1.45. The molecule has 1 aliphatic heterocycles. The van der Waals surface area contributed by atoms with Gasteiger partial charge in [-0.3, -0.25) is 0 Å². The van der Waals surface area contributed by atoms with E-state index in [2.05, 4.69) is 16.0 Å². The molecule has 0 aliphatic carbocycles. The molecule has 0 radical (unpaired) electrons. The standard InChI is InChI=1S/C14H12N4O/c1-19-13-3-2-10-8-18(9-11(10)6-13)14-16-5-4-12(7-15)17-14/h2-6H,8-9H2,1H3. The van der Waals surface area contributed by atoms with Crippen molar-refractivity contribution < 1.29 is 4.74 Å². The topological polar surface area (TPSA) is 62.0 Å². The van der Waals surface area contributed by atoms with Crippen molar-refractivity contribution in [3.63, 3.8) is 0 Å². The smallest absolute Gasteiger partial charge is 0.227 e. The Bertz CT molecular complexity index is 663. The number of hydrogen-bond donors (Lipinski definition) is 0. The third-order valence-electron chi connectivity index (χ3n) is 3.18. The van der Waals surface area contributed by atoms with Crippen LogP contribution >= 0.6 is 0 Å². The lowest BCUT2D eigenvalue weighted by Crippen LogP contribution is -2.17. The monoisotopic (exact) mass is 252 g/mol. The summed E-state index contributed by atoms with van der Waals surface area (Å²) in [5.41, 5.74) is 2.84. The van der Waals surface area contributed by atoms with E-state index < -0.39 is 0 Å². The van der Waals surface area contributed by atoms with Gasteiger partial charge >= 0.3 is 0 Å². The van der Waals surface area contributed by atoms with E-state index in [4.69, 9.17) is 10.00 Å². The van der Waals surface area contributed by atoms with Crippen LogP contribution in [0.5, 0.6) is 5.75 Å². The number of benzene rings is 1. The Balaban J connectivity index is 1.89. The Kier molecular flexibility index (Phi) is 2.76. The molecule has 0 bridgehead atoms. The average Bonchev–Trinajstić information content (AvgIpc) is 2.90. The molecule has 0 spiro atoms. The molecular weight excluding hydrogens is 240 g/mol. The van der Waals surface area contributed by atoms with Crippen molar-refractivity contribution in [3.05, 3.63) is 47.3 Å². The predicted octanol–water partition coefficient (Wildman–Crippen LogP) is 1.88. The maximum atomic E-state index is 8.87. The van der Waals surface area contributed by atoms with Crippen LogP contribution in [0.25, 0.3) is 0 Å². The van der Waals surface area contributed by atoms with Gasteiger partial charge in [-0.15, -0.1) is 0 Å². The molecule has 94 valence electrons. The third-order valence-corrected chi connectivity index (χ3v) is 3.18. The van der Waals surface area contributed by atoms with Crippen LogP contribution < -0.4 is 9.64 Å². The molecule has 5 nitrogen and oxygen atoms in total. The lowest BCUT2D eigenvalue weighted by atomic mass is 10.1. The maximum Gasteiger partial charge on any atom is 0.227 e. The van der Waals surface area contributed by atoms with Crippen molar-refractivity contribution >= 4 is 5.95 Å². The number of ether oxygens (including phenoxy) is 1. The molecule has 0 unspecified atom stereocenters. The number of fused-ring (bicyclic) bond motifs is 1. The Morgan fingerprint density at radius 1 is 1.26 bits per heavy atom. The Morgan fingerprint density at radius 3 is 2.89 bits per heavy atom. The van der Waals surface area contributed by atoms with E-state index in [0.717, 1.165) is 18.8 Å². The molecule has 2 heterocycles. The highest BCUT2D eigenvalue weighted by atomic mass is 16.5.